The topological polar surface area (TPSA) is 58.6 Å². The summed E-state index contributed by atoms with van der Waals surface area (Å²) in [5.74, 6) is 1.96. The van der Waals surface area contributed by atoms with Gasteiger partial charge in [0.15, 0.2) is 0 Å². The van der Waals surface area contributed by atoms with E-state index in [1.165, 1.54) is 11.9 Å². The number of aryl methyl sites for hydroxylation is 1. The van der Waals surface area contributed by atoms with Gasteiger partial charge in [0.2, 0.25) is 11.8 Å². The molecule has 31 heavy (non-hydrogen) atoms. The molecule has 1 fully saturated rings. The van der Waals surface area contributed by atoms with Gasteiger partial charge in [-0.2, -0.15) is 0 Å². The second kappa shape index (κ2) is 9.79. The normalized spacial score (nSPS) is 16.3. The molecule has 1 aliphatic rings. The Bertz CT molecular complexity index is 1030. The summed E-state index contributed by atoms with van der Waals surface area (Å²) in [6, 6.07) is 19.3. The number of amides is 1. The number of anilines is 1. The summed E-state index contributed by atoms with van der Waals surface area (Å²) < 4.78 is 5.83. The van der Waals surface area contributed by atoms with Crippen LogP contribution in [-0.4, -0.2) is 46.5 Å². The van der Waals surface area contributed by atoms with Gasteiger partial charge in [0.1, 0.15) is 17.9 Å². The van der Waals surface area contributed by atoms with E-state index in [4.69, 9.17) is 16.3 Å². The number of nitrogens with zero attached hydrogens (tertiary/aromatic N) is 4. The SMILES string of the molecule is C[C@@H]1CN(c2cc(Oc3ccccc3Cl)ncn2)CCN1C(=O)CCc1ccccc1. The quantitative estimate of drug-likeness (QED) is 0.565. The predicted octanol–water partition coefficient (Wildman–Crippen LogP) is 4.59. The van der Waals surface area contributed by atoms with E-state index in [0.717, 1.165) is 12.2 Å². The number of hydrogen-bond acceptors (Lipinski definition) is 5. The molecule has 1 aliphatic heterocycles. The Balaban J connectivity index is 1.36. The molecule has 1 atom stereocenters. The molecule has 1 amide bonds. The summed E-state index contributed by atoms with van der Waals surface area (Å²) >= 11 is 6.18. The number of halogens is 1. The number of hydrogen-bond donors (Lipinski definition) is 0. The Labute approximate surface area is 187 Å². The molecule has 3 aromatic rings. The van der Waals surface area contributed by atoms with Gasteiger partial charge in [-0.3, -0.25) is 4.79 Å². The van der Waals surface area contributed by atoms with E-state index in [1.807, 2.05) is 41.3 Å². The first-order valence-corrected chi connectivity index (χ1v) is 10.8. The molecule has 0 saturated carbocycles. The second-order valence-electron chi connectivity index (χ2n) is 7.61. The van der Waals surface area contributed by atoms with Crippen molar-refractivity contribution in [2.75, 3.05) is 24.5 Å². The van der Waals surface area contributed by atoms with E-state index in [1.54, 1.807) is 12.1 Å². The van der Waals surface area contributed by atoms with Crippen LogP contribution in [0.2, 0.25) is 5.02 Å². The van der Waals surface area contributed by atoms with Crippen LogP contribution < -0.4 is 9.64 Å². The maximum Gasteiger partial charge on any atom is 0.224 e. The number of ether oxygens (including phenoxy) is 1. The lowest BCUT2D eigenvalue weighted by Crippen LogP contribution is -2.54. The molecular weight excluding hydrogens is 412 g/mol. The maximum absolute atomic E-state index is 12.8. The van der Waals surface area contributed by atoms with Crippen LogP contribution in [0.3, 0.4) is 0 Å². The second-order valence-corrected chi connectivity index (χ2v) is 8.02. The van der Waals surface area contributed by atoms with Gasteiger partial charge < -0.3 is 14.5 Å². The Morgan fingerprint density at radius 3 is 2.65 bits per heavy atom. The van der Waals surface area contributed by atoms with Gasteiger partial charge in [-0.1, -0.05) is 54.1 Å². The van der Waals surface area contributed by atoms with Crippen LogP contribution in [-0.2, 0) is 11.2 Å². The third kappa shape index (κ3) is 5.33. The van der Waals surface area contributed by atoms with Gasteiger partial charge in [0.05, 0.1) is 5.02 Å². The van der Waals surface area contributed by atoms with Crippen molar-refractivity contribution in [2.24, 2.45) is 0 Å². The summed E-state index contributed by atoms with van der Waals surface area (Å²) in [6.45, 7) is 4.16. The number of aromatic nitrogens is 2. The number of rotatable bonds is 6. The van der Waals surface area contributed by atoms with Gasteiger partial charge in [0, 0.05) is 38.2 Å². The van der Waals surface area contributed by atoms with Crippen LogP contribution in [0.4, 0.5) is 5.82 Å². The zero-order valence-corrected chi connectivity index (χ0v) is 18.2. The number of carbonyl (C=O) groups is 1. The van der Waals surface area contributed by atoms with Gasteiger partial charge in [0.25, 0.3) is 0 Å². The van der Waals surface area contributed by atoms with Crippen molar-refractivity contribution in [2.45, 2.75) is 25.8 Å². The fourth-order valence-electron chi connectivity index (χ4n) is 3.77. The minimum absolute atomic E-state index is 0.0972. The van der Waals surface area contributed by atoms with Crippen molar-refractivity contribution in [3.8, 4) is 11.6 Å². The highest BCUT2D eigenvalue weighted by Crippen LogP contribution is 2.29. The molecule has 6 nitrogen and oxygen atoms in total. The largest absolute Gasteiger partial charge is 0.437 e. The third-order valence-electron chi connectivity index (χ3n) is 5.42. The maximum atomic E-state index is 12.8. The third-order valence-corrected chi connectivity index (χ3v) is 5.73. The van der Waals surface area contributed by atoms with Gasteiger partial charge in [-0.15, -0.1) is 0 Å². The van der Waals surface area contributed by atoms with E-state index >= 15 is 0 Å². The Kier molecular flexibility index (Phi) is 6.67. The van der Waals surface area contributed by atoms with Crippen molar-refractivity contribution < 1.29 is 9.53 Å². The first kappa shape index (κ1) is 21.1. The summed E-state index contributed by atoms with van der Waals surface area (Å²) in [4.78, 5) is 25.5. The van der Waals surface area contributed by atoms with E-state index in [-0.39, 0.29) is 11.9 Å². The first-order chi connectivity index (χ1) is 15.1. The number of piperazine rings is 1. The lowest BCUT2D eigenvalue weighted by Gasteiger charge is -2.40. The van der Waals surface area contributed by atoms with Crippen LogP contribution in [0, 0.1) is 0 Å². The van der Waals surface area contributed by atoms with E-state index in [9.17, 15) is 4.79 Å². The van der Waals surface area contributed by atoms with E-state index in [2.05, 4.69) is 33.9 Å². The molecule has 0 spiro atoms. The molecule has 1 aromatic heterocycles. The van der Waals surface area contributed by atoms with Crippen molar-refractivity contribution in [1.82, 2.24) is 14.9 Å². The van der Waals surface area contributed by atoms with E-state index in [0.29, 0.717) is 42.7 Å². The lowest BCUT2D eigenvalue weighted by molar-refractivity contribution is -0.133. The van der Waals surface area contributed by atoms with Crippen LogP contribution in [0.25, 0.3) is 0 Å². The Morgan fingerprint density at radius 1 is 1.10 bits per heavy atom. The molecule has 4 rings (SSSR count). The van der Waals surface area contributed by atoms with Gasteiger partial charge in [-0.25, -0.2) is 9.97 Å². The molecule has 0 unspecified atom stereocenters. The van der Waals surface area contributed by atoms with Gasteiger partial charge >= 0.3 is 0 Å². The molecule has 0 radical (unpaired) electrons. The molecule has 0 N–H and O–H groups in total. The predicted molar refractivity (Wildman–Crippen MR) is 122 cm³/mol. The Hall–Kier alpha value is -3.12. The number of benzene rings is 2. The van der Waals surface area contributed by atoms with Crippen molar-refractivity contribution in [3.05, 3.63) is 77.6 Å². The summed E-state index contributed by atoms with van der Waals surface area (Å²) in [6.07, 6.45) is 2.78. The zero-order valence-electron chi connectivity index (χ0n) is 17.4. The molecular formula is C24H25ClN4O2. The number of para-hydroxylation sites is 1. The fraction of sp³-hybridized carbons (Fsp3) is 0.292. The molecule has 1 saturated heterocycles. The summed E-state index contributed by atoms with van der Waals surface area (Å²) in [7, 11) is 0. The van der Waals surface area contributed by atoms with Crippen molar-refractivity contribution in [3.63, 3.8) is 0 Å². The van der Waals surface area contributed by atoms with Crippen molar-refractivity contribution >= 4 is 23.3 Å². The molecule has 2 aromatic carbocycles. The average Bonchev–Trinajstić information content (AvgIpc) is 2.80. The smallest absolute Gasteiger partial charge is 0.224 e. The number of carbonyl (C=O) groups excluding carboxylic acids is 1. The highest BCUT2D eigenvalue weighted by Gasteiger charge is 2.28. The minimum atomic E-state index is 0.0972. The molecule has 0 bridgehead atoms. The monoisotopic (exact) mass is 436 g/mol. The van der Waals surface area contributed by atoms with Crippen LogP contribution in [0.1, 0.15) is 18.9 Å². The van der Waals surface area contributed by atoms with Crippen molar-refractivity contribution in [1.29, 1.82) is 0 Å². The zero-order chi connectivity index (χ0) is 21.6. The van der Waals surface area contributed by atoms with Crippen LogP contribution in [0.15, 0.2) is 67.0 Å². The highest BCUT2D eigenvalue weighted by molar-refractivity contribution is 6.32. The minimum Gasteiger partial charge on any atom is -0.437 e. The highest BCUT2D eigenvalue weighted by atomic mass is 35.5. The van der Waals surface area contributed by atoms with Crippen LogP contribution in [0.5, 0.6) is 11.6 Å². The fourth-order valence-corrected chi connectivity index (χ4v) is 3.95. The van der Waals surface area contributed by atoms with Gasteiger partial charge in [-0.05, 0) is 31.0 Å². The molecule has 160 valence electrons. The standard InChI is InChI=1S/C24H25ClN4O2/c1-18-16-28(13-14-29(18)24(30)12-11-19-7-3-2-4-8-19)22-15-23(27-17-26-22)31-21-10-6-5-9-20(21)25/h2-10,15,17-18H,11-14,16H2,1H3/t18-/m1/s1. The molecule has 0 aliphatic carbocycles. The average molecular weight is 437 g/mol. The Morgan fingerprint density at radius 2 is 1.87 bits per heavy atom. The summed E-state index contributed by atoms with van der Waals surface area (Å²) in [5.41, 5.74) is 1.19. The summed E-state index contributed by atoms with van der Waals surface area (Å²) in [5, 5.41) is 0.527. The lowest BCUT2D eigenvalue weighted by atomic mass is 10.1. The first-order valence-electron chi connectivity index (χ1n) is 10.4. The molecule has 2 heterocycles. The van der Waals surface area contributed by atoms with E-state index < -0.39 is 0 Å². The molecule has 7 heteroatoms. The van der Waals surface area contributed by atoms with Crippen LogP contribution >= 0.6 is 11.6 Å².